The lowest BCUT2D eigenvalue weighted by molar-refractivity contribution is 0.569. The Morgan fingerprint density at radius 3 is 2.76 bits per heavy atom. The smallest absolute Gasteiger partial charge is 0.242 e. The maximum Gasteiger partial charge on any atom is 0.242 e. The van der Waals surface area contributed by atoms with Crippen LogP contribution in [0.5, 0.6) is 0 Å². The van der Waals surface area contributed by atoms with Gasteiger partial charge in [-0.25, -0.2) is 13.1 Å². The van der Waals surface area contributed by atoms with E-state index in [9.17, 15) is 8.42 Å². The van der Waals surface area contributed by atoms with Gasteiger partial charge >= 0.3 is 0 Å². The lowest BCUT2D eigenvalue weighted by atomic mass is 10.1. The van der Waals surface area contributed by atoms with E-state index >= 15 is 0 Å². The van der Waals surface area contributed by atoms with Gasteiger partial charge in [0.15, 0.2) is 0 Å². The summed E-state index contributed by atoms with van der Waals surface area (Å²) in [4.78, 5) is 2.53. The highest BCUT2D eigenvalue weighted by atomic mass is 32.2. The van der Waals surface area contributed by atoms with Gasteiger partial charge in [0.2, 0.25) is 10.0 Å². The van der Waals surface area contributed by atoms with Gasteiger partial charge in [0, 0.05) is 25.7 Å². The molecule has 1 atom stereocenters. The molecule has 1 heterocycles. The summed E-state index contributed by atoms with van der Waals surface area (Å²) in [6.45, 7) is 3.59. The molecule has 1 fully saturated rings. The number of rotatable bonds is 5. The Bertz CT molecular complexity index is 560. The number of nitrogens with one attached hydrogen (secondary N) is 1. The maximum absolute atomic E-state index is 12.4. The molecule has 1 unspecified atom stereocenters. The molecule has 118 valence electrons. The fourth-order valence-corrected chi connectivity index (χ4v) is 4.18. The SMILES string of the molecule is CCNS(=O)(=O)c1ccccc1N1CCCCCC1CN. The van der Waals surface area contributed by atoms with E-state index in [1.54, 1.807) is 19.1 Å². The average molecular weight is 311 g/mol. The molecule has 1 aromatic rings. The van der Waals surface area contributed by atoms with Crippen molar-refractivity contribution in [1.29, 1.82) is 0 Å². The third-order valence-corrected chi connectivity index (χ3v) is 5.54. The first-order valence-corrected chi connectivity index (χ1v) is 9.14. The van der Waals surface area contributed by atoms with Crippen LogP contribution in [0.1, 0.15) is 32.6 Å². The Labute approximate surface area is 127 Å². The highest BCUT2D eigenvalue weighted by molar-refractivity contribution is 7.89. The second kappa shape index (κ2) is 7.24. The van der Waals surface area contributed by atoms with Crippen LogP contribution in [0.15, 0.2) is 29.2 Å². The van der Waals surface area contributed by atoms with Crippen LogP contribution in [0, 0.1) is 0 Å². The predicted molar refractivity (Wildman–Crippen MR) is 86.0 cm³/mol. The average Bonchev–Trinajstić information content (AvgIpc) is 2.72. The summed E-state index contributed by atoms with van der Waals surface area (Å²) in [5, 5.41) is 0. The summed E-state index contributed by atoms with van der Waals surface area (Å²) < 4.78 is 27.4. The first kappa shape index (κ1) is 16.3. The molecular formula is C15H25N3O2S. The second-order valence-electron chi connectivity index (χ2n) is 5.40. The van der Waals surface area contributed by atoms with Gasteiger partial charge in [-0.1, -0.05) is 31.9 Å². The topological polar surface area (TPSA) is 75.4 Å². The van der Waals surface area contributed by atoms with Crippen molar-refractivity contribution in [2.24, 2.45) is 5.73 Å². The Kier molecular flexibility index (Phi) is 5.61. The number of benzene rings is 1. The van der Waals surface area contributed by atoms with E-state index in [0.29, 0.717) is 18.0 Å². The first-order chi connectivity index (χ1) is 10.1. The fourth-order valence-electron chi connectivity index (χ4n) is 2.93. The Balaban J connectivity index is 2.43. The van der Waals surface area contributed by atoms with E-state index in [1.807, 2.05) is 12.1 Å². The highest BCUT2D eigenvalue weighted by Crippen LogP contribution is 2.29. The lowest BCUT2D eigenvalue weighted by Crippen LogP contribution is -2.41. The number of para-hydroxylation sites is 1. The zero-order valence-electron chi connectivity index (χ0n) is 12.6. The lowest BCUT2D eigenvalue weighted by Gasteiger charge is -2.32. The fraction of sp³-hybridized carbons (Fsp3) is 0.600. The molecular weight excluding hydrogens is 286 g/mol. The summed E-state index contributed by atoms with van der Waals surface area (Å²) in [5.74, 6) is 0. The second-order valence-corrected chi connectivity index (χ2v) is 7.14. The minimum atomic E-state index is -3.47. The molecule has 0 spiro atoms. The van der Waals surface area contributed by atoms with E-state index in [-0.39, 0.29) is 6.04 Å². The van der Waals surface area contributed by atoms with Gasteiger partial charge in [-0.2, -0.15) is 0 Å². The van der Waals surface area contributed by atoms with E-state index in [0.717, 1.165) is 31.5 Å². The zero-order valence-corrected chi connectivity index (χ0v) is 13.4. The number of hydrogen-bond donors (Lipinski definition) is 2. The van der Waals surface area contributed by atoms with Crippen molar-refractivity contribution >= 4 is 15.7 Å². The molecule has 1 aromatic carbocycles. The van der Waals surface area contributed by atoms with Crippen LogP contribution in [0.4, 0.5) is 5.69 Å². The minimum Gasteiger partial charge on any atom is -0.366 e. The van der Waals surface area contributed by atoms with Gasteiger partial charge in [-0.3, -0.25) is 0 Å². The number of hydrogen-bond acceptors (Lipinski definition) is 4. The van der Waals surface area contributed by atoms with Crippen molar-refractivity contribution in [3.8, 4) is 0 Å². The molecule has 2 rings (SSSR count). The van der Waals surface area contributed by atoms with Crippen molar-refractivity contribution in [3.63, 3.8) is 0 Å². The summed E-state index contributed by atoms with van der Waals surface area (Å²) in [6, 6.07) is 7.43. The van der Waals surface area contributed by atoms with Crippen molar-refractivity contribution in [2.45, 2.75) is 43.5 Å². The Morgan fingerprint density at radius 1 is 1.29 bits per heavy atom. The van der Waals surface area contributed by atoms with Crippen LogP contribution in [0.2, 0.25) is 0 Å². The highest BCUT2D eigenvalue weighted by Gasteiger charge is 2.26. The van der Waals surface area contributed by atoms with E-state index in [2.05, 4.69) is 9.62 Å². The van der Waals surface area contributed by atoms with Crippen molar-refractivity contribution < 1.29 is 8.42 Å². The van der Waals surface area contributed by atoms with Gasteiger partial charge < -0.3 is 10.6 Å². The zero-order chi connectivity index (χ0) is 15.3. The van der Waals surface area contributed by atoms with Gasteiger partial charge in [0.05, 0.1) is 5.69 Å². The van der Waals surface area contributed by atoms with Gasteiger partial charge in [0.25, 0.3) is 0 Å². The van der Waals surface area contributed by atoms with Crippen LogP contribution in [-0.2, 0) is 10.0 Å². The first-order valence-electron chi connectivity index (χ1n) is 7.65. The largest absolute Gasteiger partial charge is 0.366 e. The van der Waals surface area contributed by atoms with Crippen molar-refractivity contribution in [1.82, 2.24) is 4.72 Å². The van der Waals surface area contributed by atoms with E-state index in [1.165, 1.54) is 6.42 Å². The molecule has 1 aliphatic heterocycles. The van der Waals surface area contributed by atoms with E-state index in [4.69, 9.17) is 5.73 Å². The Hall–Kier alpha value is -1.11. The molecule has 0 aromatic heterocycles. The normalized spacial score (nSPS) is 20.3. The third kappa shape index (κ3) is 3.75. The number of nitrogens with two attached hydrogens (primary N) is 1. The standard InChI is InChI=1S/C15H25N3O2S/c1-2-17-21(19,20)15-10-6-5-9-14(15)18-11-7-3-4-8-13(18)12-16/h5-6,9-10,13,17H,2-4,7-8,11-12,16H2,1H3. The molecule has 6 heteroatoms. The van der Waals surface area contributed by atoms with Crippen LogP contribution in [0.3, 0.4) is 0 Å². The monoisotopic (exact) mass is 311 g/mol. The molecule has 0 amide bonds. The molecule has 3 N–H and O–H groups in total. The van der Waals surface area contributed by atoms with Crippen LogP contribution in [0.25, 0.3) is 0 Å². The molecule has 1 aliphatic rings. The molecule has 0 bridgehead atoms. The minimum absolute atomic E-state index is 0.213. The predicted octanol–water partition coefficient (Wildman–Crippen LogP) is 1.69. The Morgan fingerprint density at radius 2 is 2.05 bits per heavy atom. The molecule has 0 radical (unpaired) electrons. The molecule has 21 heavy (non-hydrogen) atoms. The number of anilines is 1. The molecule has 0 aliphatic carbocycles. The maximum atomic E-state index is 12.4. The van der Waals surface area contributed by atoms with Crippen molar-refractivity contribution in [2.75, 3.05) is 24.5 Å². The molecule has 1 saturated heterocycles. The van der Waals surface area contributed by atoms with E-state index < -0.39 is 10.0 Å². The van der Waals surface area contributed by atoms with Gasteiger partial charge in [-0.15, -0.1) is 0 Å². The van der Waals surface area contributed by atoms with Gasteiger partial charge in [-0.05, 0) is 25.0 Å². The van der Waals surface area contributed by atoms with Gasteiger partial charge in [0.1, 0.15) is 4.90 Å². The molecule has 0 saturated carbocycles. The number of nitrogens with zero attached hydrogens (tertiary/aromatic N) is 1. The summed E-state index contributed by atoms with van der Waals surface area (Å²) in [5.41, 5.74) is 6.69. The number of sulfonamides is 1. The quantitative estimate of drug-likeness (QED) is 0.868. The third-order valence-electron chi connectivity index (χ3n) is 3.95. The van der Waals surface area contributed by atoms with Crippen molar-refractivity contribution in [3.05, 3.63) is 24.3 Å². The summed E-state index contributed by atoms with van der Waals surface area (Å²) in [6.07, 6.45) is 4.42. The van der Waals surface area contributed by atoms with Crippen LogP contribution < -0.4 is 15.4 Å². The summed E-state index contributed by atoms with van der Waals surface area (Å²) in [7, 11) is -3.47. The summed E-state index contributed by atoms with van der Waals surface area (Å²) >= 11 is 0. The van der Waals surface area contributed by atoms with Crippen LogP contribution in [-0.4, -0.2) is 34.1 Å². The molecule has 5 nitrogen and oxygen atoms in total. The van der Waals surface area contributed by atoms with Crippen LogP contribution >= 0.6 is 0 Å².